The van der Waals surface area contributed by atoms with Gasteiger partial charge in [0.25, 0.3) is 0 Å². The van der Waals surface area contributed by atoms with Crippen molar-refractivity contribution in [2.24, 2.45) is 5.73 Å². The first kappa shape index (κ1) is 41.3. The lowest BCUT2D eigenvalue weighted by Crippen LogP contribution is -2.58. The van der Waals surface area contributed by atoms with E-state index in [-0.39, 0.29) is 49.6 Å². The Morgan fingerprint density at radius 1 is 0.690 bits per heavy atom. The standard InChI is InChI=1S/C43H47ClN8O6/c44-30-6-3-26(4-7-30)20-39(52-42(57)37(50-40(55)2-1-16-45)10-5-28-24-48-35-11-8-31(53)22-33(28)35)43(58)51-38(21-27-13-17-46-18-14-27)41(56)47-19-15-29-25-49-36-12-9-32(54)23-34(29)36/h3-4,6-9,11-14,17-18,22-25,37-39,48-49,53-54H,1-2,5,10,15-16,19-21,45H2,(H,47,56)(H,50,55)(H,51,58)(H,52,57)/t37-,38-,39-/m0/s1. The summed E-state index contributed by atoms with van der Waals surface area (Å²) < 4.78 is 0. The molecule has 3 heterocycles. The first-order valence-electron chi connectivity index (χ1n) is 19.2. The first-order valence-corrected chi connectivity index (χ1v) is 19.5. The van der Waals surface area contributed by atoms with Crippen LogP contribution in [0.5, 0.6) is 11.5 Å². The number of nitrogens with one attached hydrogen (secondary N) is 6. The molecule has 3 aromatic carbocycles. The van der Waals surface area contributed by atoms with Crippen LogP contribution in [0.3, 0.4) is 0 Å². The molecule has 58 heavy (non-hydrogen) atoms. The van der Waals surface area contributed by atoms with Crippen LogP contribution in [-0.4, -0.2) is 80.0 Å². The van der Waals surface area contributed by atoms with E-state index in [2.05, 4.69) is 36.2 Å². The van der Waals surface area contributed by atoms with Crippen molar-refractivity contribution in [1.82, 2.24) is 36.2 Å². The number of hydrogen-bond acceptors (Lipinski definition) is 8. The van der Waals surface area contributed by atoms with Gasteiger partial charge in [-0.05, 0) is 115 Å². The van der Waals surface area contributed by atoms with E-state index in [0.29, 0.717) is 36.4 Å². The largest absolute Gasteiger partial charge is 0.508 e. The minimum absolute atomic E-state index is 0.0569. The SMILES string of the molecule is NCCCC(=O)N[C@@H](CCc1c[nH]c2ccc(O)cc12)C(=O)N[C@@H](Cc1ccc(Cl)cc1)C(=O)N[C@@H](Cc1ccncc1)C(=O)NCCc1c[nH]c2ccc(O)cc12. The fourth-order valence-corrected chi connectivity index (χ4v) is 6.99. The highest BCUT2D eigenvalue weighted by Crippen LogP contribution is 2.25. The average molecular weight is 807 g/mol. The molecule has 3 aromatic heterocycles. The Labute approximate surface area is 340 Å². The number of rotatable bonds is 19. The predicted octanol–water partition coefficient (Wildman–Crippen LogP) is 4.08. The fourth-order valence-electron chi connectivity index (χ4n) is 6.86. The maximum atomic E-state index is 14.3. The van der Waals surface area contributed by atoms with Gasteiger partial charge in [0.1, 0.15) is 29.6 Å². The van der Waals surface area contributed by atoms with E-state index in [4.69, 9.17) is 17.3 Å². The van der Waals surface area contributed by atoms with Gasteiger partial charge in [0, 0.05) is 77.4 Å². The van der Waals surface area contributed by atoms with Gasteiger partial charge >= 0.3 is 0 Å². The van der Waals surface area contributed by atoms with Gasteiger partial charge in [-0.2, -0.15) is 0 Å². The number of phenols is 2. The molecule has 14 nitrogen and oxygen atoms in total. The monoisotopic (exact) mass is 806 g/mol. The maximum absolute atomic E-state index is 14.3. The van der Waals surface area contributed by atoms with Gasteiger partial charge < -0.3 is 47.2 Å². The molecule has 0 unspecified atom stereocenters. The zero-order chi connectivity index (χ0) is 41.0. The number of benzene rings is 3. The molecule has 0 fully saturated rings. The van der Waals surface area contributed by atoms with E-state index in [1.807, 2.05) is 6.20 Å². The third kappa shape index (κ3) is 11.1. The van der Waals surface area contributed by atoms with E-state index in [9.17, 15) is 29.4 Å². The molecule has 0 saturated heterocycles. The molecular weight excluding hydrogens is 760 g/mol. The van der Waals surface area contributed by atoms with Crippen LogP contribution >= 0.6 is 11.6 Å². The van der Waals surface area contributed by atoms with Gasteiger partial charge in [-0.15, -0.1) is 0 Å². The smallest absolute Gasteiger partial charge is 0.243 e. The van der Waals surface area contributed by atoms with Crippen molar-refractivity contribution >= 4 is 57.0 Å². The number of phenolic OH excluding ortho intramolecular Hbond substituents is 2. The number of aromatic amines is 2. The average Bonchev–Trinajstić information content (AvgIpc) is 3.81. The van der Waals surface area contributed by atoms with Crippen LogP contribution in [0.1, 0.15) is 41.5 Å². The van der Waals surface area contributed by atoms with Crippen LogP contribution in [0.25, 0.3) is 21.8 Å². The van der Waals surface area contributed by atoms with Crippen molar-refractivity contribution < 1.29 is 29.4 Å². The number of fused-ring (bicyclic) bond motifs is 2. The number of amides is 4. The summed E-state index contributed by atoms with van der Waals surface area (Å²) in [5.74, 6) is -1.75. The number of hydrogen-bond donors (Lipinski definition) is 9. The van der Waals surface area contributed by atoms with Gasteiger partial charge in [0.15, 0.2) is 0 Å². The zero-order valence-corrected chi connectivity index (χ0v) is 32.5. The Kier molecular flexibility index (Phi) is 14.0. The van der Waals surface area contributed by atoms with Crippen molar-refractivity contribution in [3.63, 3.8) is 0 Å². The number of aromatic hydroxyl groups is 2. The van der Waals surface area contributed by atoms with Gasteiger partial charge in [-0.1, -0.05) is 23.7 Å². The maximum Gasteiger partial charge on any atom is 0.243 e. The third-order valence-corrected chi connectivity index (χ3v) is 10.2. The van der Waals surface area contributed by atoms with Crippen molar-refractivity contribution in [2.75, 3.05) is 13.1 Å². The van der Waals surface area contributed by atoms with Gasteiger partial charge in [-0.25, -0.2) is 0 Å². The van der Waals surface area contributed by atoms with Crippen LogP contribution in [0, 0.1) is 0 Å². The molecule has 302 valence electrons. The molecule has 0 radical (unpaired) electrons. The summed E-state index contributed by atoms with van der Waals surface area (Å²) in [7, 11) is 0. The Morgan fingerprint density at radius 3 is 1.84 bits per heavy atom. The highest BCUT2D eigenvalue weighted by molar-refractivity contribution is 6.30. The summed E-state index contributed by atoms with van der Waals surface area (Å²) in [6.07, 6.45) is 8.57. The molecule has 6 rings (SSSR count). The summed E-state index contributed by atoms with van der Waals surface area (Å²) in [4.78, 5) is 65.7. The van der Waals surface area contributed by atoms with Crippen molar-refractivity contribution in [3.05, 3.63) is 125 Å². The molecule has 15 heteroatoms. The second-order valence-corrected chi connectivity index (χ2v) is 14.6. The lowest BCUT2D eigenvalue weighted by atomic mass is 10.0. The van der Waals surface area contributed by atoms with Gasteiger partial charge in [0.05, 0.1) is 0 Å². The Balaban J connectivity index is 1.21. The van der Waals surface area contributed by atoms with E-state index in [1.165, 1.54) is 0 Å². The number of halogens is 1. The predicted molar refractivity (Wildman–Crippen MR) is 222 cm³/mol. The van der Waals surface area contributed by atoms with E-state index in [0.717, 1.165) is 38.5 Å². The van der Waals surface area contributed by atoms with Gasteiger partial charge in [-0.3, -0.25) is 24.2 Å². The summed E-state index contributed by atoms with van der Waals surface area (Å²) in [6, 6.07) is 17.1. The molecule has 0 saturated carbocycles. The summed E-state index contributed by atoms with van der Waals surface area (Å²) >= 11 is 6.16. The van der Waals surface area contributed by atoms with Crippen molar-refractivity contribution in [2.45, 2.75) is 63.1 Å². The number of nitrogens with zero attached hydrogens (tertiary/aromatic N) is 1. The number of nitrogens with two attached hydrogens (primary N) is 1. The normalized spacial score (nSPS) is 12.8. The number of carbonyl (C=O) groups excluding carboxylic acids is 4. The molecule has 0 spiro atoms. The first-order chi connectivity index (χ1) is 28.1. The Morgan fingerprint density at radius 2 is 1.24 bits per heavy atom. The zero-order valence-electron chi connectivity index (χ0n) is 31.8. The van der Waals surface area contributed by atoms with Crippen LogP contribution < -0.4 is 27.0 Å². The van der Waals surface area contributed by atoms with Crippen LogP contribution in [0.4, 0.5) is 0 Å². The summed E-state index contributed by atoms with van der Waals surface area (Å²) in [6.45, 7) is 0.547. The highest BCUT2D eigenvalue weighted by atomic mass is 35.5. The Bertz CT molecular complexity index is 2350. The molecule has 4 amide bonds. The topological polar surface area (TPSA) is 227 Å². The summed E-state index contributed by atoms with van der Waals surface area (Å²) in [5.41, 5.74) is 10.5. The van der Waals surface area contributed by atoms with Crippen LogP contribution in [0.2, 0.25) is 5.02 Å². The number of aryl methyl sites for hydroxylation is 1. The molecule has 0 bridgehead atoms. The lowest BCUT2D eigenvalue weighted by Gasteiger charge is -2.26. The molecule has 6 aromatic rings. The molecule has 0 aliphatic heterocycles. The molecule has 10 N–H and O–H groups in total. The van der Waals surface area contributed by atoms with Gasteiger partial charge in [0.2, 0.25) is 23.6 Å². The molecular formula is C43H47ClN8O6. The minimum Gasteiger partial charge on any atom is -0.508 e. The molecule has 0 aliphatic carbocycles. The second-order valence-electron chi connectivity index (χ2n) is 14.2. The number of H-pyrrole nitrogens is 2. The number of carbonyl (C=O) groups is 4. The van der Waals surface area contributed by atoms with Crippen LogP contribution in [0.15, 0.2) is 97.6 Å². The van der Waals surface area contributed by atoms with E-state index >= 15 is 0 Å². The van der Waals surface area contributed by atoms with Crippen molar-refractivity contribution in [3.8, 4) is 11.5 Å². The second kappa shape index (κ2) is 19.7. The lowest BCUT2D eigenvalue weighted by molar-refractivity contribution is -0.133. The third-order valence-electron chi connectivity index (χ3n) is 9.97. The molecule has 3 atom stereocenters. The summed E-state index contributed by atoms with van der Waals surface area (Å²) in [5, 5.41) is 33.8. The minimum atomic E-state index is -1.16. The fraction of sp³-hybridized carbons (Fsp3) is 0.279. The van der Waals surface area contributed by atoms with E-state index in [1.54, 1.807) is 91.4 Å². The van der Waals surface area contributed by atoms with Crippen molar-refractivity contribution in [1.29, 1.82) is 0 Å². The van der Waals surface area contributed by atoms with Crippen LogP contribution in [-0.2, 0) is 44.9 Å². The Hall–Kier alpha value is -6.38. The number of aromatic nitrogens is 3. The van der Waals surface area contributed by atoms with E-state index < -0.39 is 35.8 Å². The number of pyridine rings is 1. The quantitative estimate of drug-likeness (QED) is 0.0578. The highest BCUT2D eigenvalue weighted by Gasteiger charge is 2.30. The molecule has 0 aliphatic rings.